The number of hydrogen-bond acceptors (Lipinski definition) is 1. The van der Waals surface area contributed by atoms with Gasteiger partial charge in [0.05, 0.1) is 5.60 Å². The van der Waals surface area contributed by atoms with E-state index < -0.39 is 5.60 Å². The molecule has 0 fully saturated rings. The van der Waals surface area contributed by atoms with E-state index in [1.165, 1.54) is 5.57 Å². The van der Waals surface area contributed by atoms with Crippen LogP contribution in [0.5, 0.6) is 0 Å². The molecule has 0 aliphatic rings. The van der Waals surface area contributed by atoms with E-state index in [2.05, 4.69) is 6.92 Å². The fourth-order valence-corrected chi connectivity index (χ4v) is 0.705. The van der Waals surface area contributed by atoms with Gasteiger partial charge in [0.15, 0.2) is 0 Å². The average Bonchev–Trinajstić information content (AvgIpc) is 1.62. The lowest BCUT2D eigenvalue weighted by atomic mass is 10.1. The van der Waals surface area contributed by atoms with Crippen LogP contribution in [-0.4, -0.2) is 10.7 Å². The molecule has 0 amide bonds. The highest BCUT2D eigenvalue weighted by Crippen LogP contribution is 2.08. The first kappa shape index (κ1) is 8.70. The van der Waals surface area contributed by atoms with Crippen molar-refractivity contribution < 1.29 is 5.11 Å². The maximum atomic E-state index is 9.24. The summed E-state index contributed by atoms with van der Waals surface area (Å²) in [5.74, 6) is 0. The normalized spacial score (nSPS) is 14.1. The Morgan fingerprint density at radius 1 is 1.56 bits per heavy atom. The molecule has 0 aromatic heterocycles. The molecule has 1 nitrogen and oxygen atoms in total. The molecular weight excluding hydrogens is 112 g/mol. The number of hydrogen-bond donors (Lipinski definition) is 1. The summed E-state index contributed by atoms with van der Waals surface area (Å²) < 4.78 is 0. The Bertz CT molecular complexity index is 106. The van der Waals surface area contributed by atoms with Gasteiger partial charge in [-0.25, -0.2) is 0 Å². The lowest BCUT2D eigenvalue weighted by Crippen LogP contribution is -2.14. The van der Waals surface area contributed by atoms with Crippen LogP contribution in [0.1, 0.15) is 34.1 Å². The second-order valence-electron chi connectivity index (χ2n) is 3.00. The molecule has 0 heterocycles. The van der Waals surface area contributed by atoms with Crippen molar-refractivity contribution >= 4 is 0 Å². The Labute approximate surface area is 57.4 Å². The lowest BCUT2D eigenvalue weighted by molar-refractivity contribution is 0.132. The van der Waals surface area contributed by atoms with Gasteiger partial charge in [0.2, 0.25) is 0 Å². The molecule has 0 radical (unpaired) electrons. The van der Waals surface area contributed by atoms with Crippen molar-refractivity contribution in [2.45, 2.75) is 39.7 Å². The van der Waals surface area contributed by atoms with Gasteiger partial charge in [-0.1, -0.05) is 18.6 Å². The highest BCUT2D eigenvalue weighted by Gasteiger charge is 2.06. The minimum atomic E-state index is -0.639. The Morgan fingerprint density at radius 3 is 2.11 bits per heavy atom. The summed E-state index contributed by atoms with van der Waals surface area (Å²) in [7, 11) is 0. The zero-order chi connectivity index (χ0) is 7.49. The standard InChI is InChI=1S/C8H16O/c1-5-7(2)6-8(3,4)9/h6,9H,5H2,1-4H3. The summed E-state index contributed by atoms with van der Waals surface area (Å²) in [6.45, 7) is 7.67. The molecule has 0 aliphatic carbocycles. The molecule has 0 spiro atoms. The van der Waals surface area contributed by atoms with Gasteiger partial charge in [0.1, 0.15) is 0 Å². The molecule has 0 aliphatic heterocycles. The van der Waals surface area contributed by atoms with Gasteiger partial charge in [0, 0.05) is 0 Å². The molecule has 0 unspecified atom stereocenters. The lowest BCUT2D eigenvalue weighted by Gasteiger charge is -2.11. The number of aliphatic hydroxyl groups is 1. The molecule has 0 aromatic carbocycles. The van der Waals surface area contributed by atoms with Gasteiger partial charge >= 0.3 is 0 Å². The van der Waals surface area contributed by atoms with Crippen molar-refractivity contribution in [1.82, 2.24) is 0 Å². The molecule has 1 N–H and O–H groups in total. The van der Waals surface area contributed by atoms with E-state index in [-0.39, 0.29) is 0 Å². The van der Waals surface area contributed by atoms with Gasteiger partial charge in [-0.15, -0.1) is 0 Å². The molecule has 0 atom stereocenters. The predicted octanol–water partition coefficient (Wildman–Crippen LogP) is 2.11. The minimum Gasteiger partial charge on any atom is -0.386 e. The van der Waals surface area contributed by atoms with Crippen LogP contribution < -0.4 is 0 Å². The van der Waals surface area contributed by atoms with Crippen molar-refractivity contribution in [3.8, 4) is 0 Å². The smallest absolute Gasteiger partial charge is 0.0774 e. The minimum absolute atomic E-state index is 0.639. The largest absolute Gasteiger partial charge is 0.386 e. The van der Waals surface area contributed by atoms with Crippen molar-refractivity contribution in [3.63, 3.8) is 0 Å². The van der Waals surface area contributed by atoms with Crippen LogP contribution in [0.4, 0.5) is 0 Å². The van der Waals surface area contributed by atoms with Gasteiger partial charge < -0.3 is 5.11 Å². The summed E-state index contributed by atoms with van der Waals surface area (Å²) in [5.41, 5.74) is 0.600. The number of rotatable bonds is 2. The molecule has 0 aromatic rings. The van der Waals surface area contributed by atoms with Crippen molar-refractivity contribution in [2.24, 2.45) is 0 Å². The van der Waals surface area contributed by atoms with Crippen LogP contribution in [0, 0.1) is 0 Å². The highest BCUT2D eigenvalue weighted by atomic mass is 16.3. The zero-order valence-electron chi connectivity index (χ0n) is 6.73. The molecule has 0 rings (SSSR count). The second-order valence-corrected chi connectivity index (χ2v) is 3.00. The molecule has 1 heteroatoms. The van der Waals surface area contributed by atoms with E-state index in [1.54, 1.807) is 13.8 Å². The van der Waals surface area contributed by atoms with Gasteiger partial charge in [-0.2, -0.15) is 0 Å². The van der Waals surface area contributed by atoms with E-state index in [1.807, 2.05) is 13.0 Å². The van der Waals surface area contributed by atoms with Crippen molar-refractivity contribution in [2.75, 3.05) is 0 Å². The Kier molecular flexibility index (Phi) is 2.92. The quantitative estimate of drug-likeness (QED) is 0.565. The highest BCUT2D eigenvalue weighted by molar-refractivity contribution is 5.04. The van der Waals surface area contributed by atoms with Crippen LogP contribution in [0.15, 0.2) is 11.6 Å². The molecule has 0 saturated carbocycles. The zero-order valence-corrected chi connectivity index (χ0v) is 6.73. The number of allylic oxidation sites excluding steroid dienone is 1. The molecule has 54 valence electrons. The van der Waals surface area contributed by atoms with Crippen LogP contribution in [0.3, 0.4) is 0 Å². The van der Waals surface area contributed by atoms with Crippen LogP contribution >= 0.6 is 0 Å². The third-order valence-corrected chi connectivity index (χ3v) is 1.16. The van der Waals surface area contributed by atoms with Crippen LogP contribution in [0.2, 0.25) is 0 Å². The Hall–Kier alpha value is -0.300. The van der Waals surface area contributed by atoms with E-state index in [0.717, 1.165) is 6.42 Å². The molecule has 0 bridgehead atoms. The fraction of sp³-hybridized carbons (Fsp3) is 0.750. The van der Waals surface area contributed by atoms with Crippen LogP contribution in [0.25, 0.3) is 0 Å². The first-order valence-electron chi connectivity index (χ1n) is 3.36. The van der Waals surface area contributed by atoms with Gasteiger partial charge in [-0.3, -0.25) is 0 Å². The third-order valence-electron chi connectivity index (χ3n) is 1.16. The Morgan fingerprint density at radius 2 is 2.00 bits per heavy atom. The van der Waals surface area contributed by atoms with E-state index in [4.69, 9.17) is 0 Å². The SMILES string of the molecule is CCC(C)=CC(C)(C)O. The predicted molar refractivity (Wildman–Crippen MR) is 40.3 cm³/mol. The van der Waals surface area contributed by atoms with Crippen molar-refractivity contribution in [3.05, 3.63) is 11.6 Å². The third kappa shape index (κ3) is 5.57. The van der Waals surface area contributed by atoms with E-state index in [0.29, 0.717) is 0 Å². The molecule has 0 saturated heterocycles. The topological polar surface area (TPSA) is 20.2 Å². The summed E-state index contributed by atoms with van der Waals surface area (Å²) in [6.07, 6.45) is 2.90. The van der Waals surface area contributed by atoms with Gasteiger partial charge in [-0.05, 0) is 27.2 Å². The monoisotopic (exact) mass is 128 g/mol. The summed E-state index contributed by atoms with van der Waals surface area (Å²) >= 11 is 0. The summed E-state index contributed by atoms with van der Waals surface area (Å²) in [4.78, 5) is 0. The fourth-order valence-electron chi connectivity index (χ4n) is 0.705. The Balaban J connectivity index is 3.95. The van der Waals surface area contributed by atoms with E-state index in [9.17, 15) is 5.11 Å². The second kappa shape index (κ2) is 3.02. The maximum Gasteiger partial charge on any atom is 0.0774 e. The average molecular weight is 128 g/mol. The van der Waals surface area contributed by atoms with Crippen molar-refractivity contribution in [1.29, 1.82) is 0 Å². The first-order valence-corrected chi connectivity index (χ1v) is 3.36. The maximum absolute atomic E-state index is 9.24. The summed E-state index contributed by atoms with van der Waals surface area (Å²) in [5, 5.41) is 9.24. The first-order chi connectivity index (χ1) is 3.95. The molecular formula is C8H16O. The van der Waals surface area contributed by atoms with Crippen LogP contribution in [-0.2, 0) is 0 Å². The van der Waals surface area contributed by atoms with Gasteiger partial charge in [0.25, 0.3) is 0 Å². The molecule has 9 heavy (non-hydrogen) atoms. The van der Waals surface area contributed by atoms with E-state index >= 15 is 0 Å². The summed E-state index contributed by atoms with van der Waals surface area (Å²) in [6, 6.07) is 0.